The predicted molar refractivity (Wildman–Crippen MR) is 97.6 cm³/mol. The summed E-state index contributed by atoms with van der Waals surface area (Å²) in [5.41, 5.74) is 5.32. The molecule has 1 saturated heterocycles. The highest BCUT2D eigenvalue weighted by Crippen LogP contribution is 2.29. The SMILES string of the molecule is CCCOC[C@H]1CCN(C(=O)c2[nH]c3c(C)ccc(C)c3c2C)C1. The second-order valence-electron chi connectivity index (χ2n) is 7.06. The van der Waals surface area contributed by atoms with Gasteiger partial charge in [0, 0.05) is 36.5 Å². The Kier molecular flexibility index (Phi) is 4.95. The third-order valence-corrected chi connectivity index (χ3v) is 5.11. The number of H-pyrrole nitrogens is 1. The third kappa shape index (κ3) is 3.07. The minimum Gasteiger partial charge on any atom is -0.381 e. The van der Waals surface area contributed by atoms with Crippen molar-refractivity contribution >= 4 is 16.8 Å². The molecule has 0 spiro atoms. The number of ether oxygens (including phenoxy) is 1. The van der Waals surface area contributed by atoms with Crippen molar-refractivity contribution in [3.63, 3.8) is 0 Å². The lowest BCUT2D eigenvalue weighted by Crippen LogP contribution is -2.30. The average Bonchev–Trinajstić information content (AvgIpc) is 3.16. The van der Waals surface area contributed by atoms with Gasteiger partial charge in [-0.3, -0.25) is 4.79 Å². The van der Waals surface area contributed by atoms with Crippen molar-refractivity contribution in [2.75, 3.05) is 26.3 Å². The maximum absolute atomic E-state index is 13.0. The molecule has 1 amide bonds. The zero-order valence-electron chi connectivity index (χ0n) is 15.2. The molecule has 1 aliphatic rings. The number of hydrogen-bond donors (Lipinski definition) is 1. The highest BCUT2D eigenvalue weighted by Gasteiger charge is 2.29. The molecule has 1 N–H and O–H groups in total. The van der Waals surface area contributed by atoms with Gasteiger partial charge in [-0.25, -0.2) is 0 Å². The first-order chi connectivity index (χ1) is 11.5. The Morgan fingerprint density at radius 3 is 2.75 bits per heavy atom. The van der Waals surface area contributed by atoms with Gasteiger partial charge >= 0.3 is 0 Å². The number of likely N-dealkylation sites (tertiary alicyclic amines) is 1. The van der Waals surface area contributed by atoms with E-state index in [-0.39, 0.29) is 5.91 Å². The molecule has 130 valence electrons. The van der Waals surface area contributed by atoms with Crippen LogP contribution in [-0.4, -0.2) is 42.1 Å². The first-order valence-corrected chi connectivity index (χ1v) is 8.98. The minimum atomic E-state index is 0.125. The number of amides is 1. The normalized spacial score (nSPS) is 17.8. The van der Waals surface area contributed by atoms with Crippen molar-refractivity contribution in [1.29, 1.82) is 0 Å². The van der Waals surface area contributed by atoms with Crippen LogP contribution in [0.3, 0.4) is 0 Å². The van der Waals surface area contributed by atoms with Gasteiger partial charge in [-0.15, -0.1) is 0 Å². The fraction of sp³-hybridized carbons (Fsp3) is 0.550. The number of hydrogen-bond acceptors (Lipinski definition) is 2. The van der Waals surface area contributed by atoms with Crippen LogP contribution in [0.25, 0.3) is 10.9 Å². The number of aromatic amines is 1. The lowest BCUT2D eigenvalue weighted by molar-refractivity contribution is 0.0749. The van der Waals surface area contributed by atoms with Gasteiger partial charge in [0.2, 0.25) is 0 Å². The van der Waals surface area contributed by atoms with E-state index >= 15 is 0 Å². The van der Waals surface area contributed by atoms with Crippen molar-refractivity contribution in [1.82, 2.24) is 9.88 Å². The molecule has 4 nitrogen and oxygen atoms in total. The molecule has 0 radical (unpaired) electrons. The monoisotopic (exact) mass is 328 g/mol. The quantitative estimate of drug-likeness (QED) is 0.844. The molecule has 1 aliphatic heterocycles. The first-order valence-electron chi connectivity index (χ1n) is 8.98. The van der Waals surface area contributed by atoms with Gasteiger partial charge in [0.05, 0.1) is 6.61 Å². The fourth-order valence-electron chi connectivity index (χ4n) is 3.72. The molecule has 0 unspecified atom stereocenters. The van der Waals surface area contributed by atoms with Gasteiger partial charge in [-0.2, -0.15) is 0 Å². The van der Waals surface area contributed by atoms with E-state index in [1.807, 2.05) is 4.90 Å². The Morgan fingerprint density at radius 2 is 2.04 bits per heavy atom. The summed E-state index contributed by atoms with van der Waals surface area (Å²) in [5, 5.41) is 1.19. The number of aryl methyl sites for hydroxylation is 3. The van der Waals surface area contributed by atoms with Crippen LogP contribution in [-0.2, 0) is 4.74 Å². The van der Waals surface area contributed by atoms with Crippen molar-refractivity contribution in [3.8, 4) is 0 Å². The van der Waals surface area contributed by atoms with E-state index in [2.05, 4.69) is 44.8 Å². The summed E-state index contributed by atoms with van der Waals surface area (Å²) >= 11 is 0. The van der Waals surface area contributed by atoms with E-state index in [0.717, 1.165) is 55.9 Å². The van der Waals surface area contributed by atoms with Gasteiger partial charge in [-0.1, -0.05) is 19.1 Å². The van der Waals surface area contributed by atoms with E-state index in [1.165, 1.54) is 16.5 Å². The molecule has 4 heteroatoms. The standard InChI is InChI=1S/C20H28N2O2/c1-5-10-24-12-16-8-9-22(11-16)20(23)19-15(4)17-13(2)6-7-14(3)18(17)21-19/h6-7,16,21H,5,8-12H2,1-4H3/t16-/m0/s1. The zero-order chi connectivity index (χ0) is 17.3. The number of rotatable bonds is 5. The third-order valence-electron chi connectivity index (χ3n) is 5.11. The molecular formula is C20H28N2O2. The summed E-state index contributed by atoms with van der Waals surface area (Å²) in [7, 11) is 0. The first kappa shape index (κ1) is 17.0. The predicted octanol–water partition coefficient (Wildman–Crippen LogP) is 3.98. The fourth-order valence-corrected chi connectivity index (χ4v) is 3.72. The van der Waals surface area contributed by atoms with Gasteiger partial charge < -0.3 is 14.6 Å². The summed E-state index contributed by atoms with van der Waals surface area (Å²) in [4.78, 5) is 18.4. The summed E-state index contributed by atoms with van der Waals surface area (Å²) in [5.74, 6) is 0.592. The van der Waals surface area contributed by atoms with E-state index in [4.69, 9.17) is 4.74 Å². The maximum atomic E-state index is 13.0. The minimum absolute atomic E-state index is 0.125. The van der Waals surface area contributed by atoms with Crippen LogP contribution in [0.4, 0.5) is 0 Å². The second kappa shape index (κ2) is 6.98. The summed E-state index contributed by atoms with van der Waals surface area (Å²) in [6.07, 6.45) is 2.08. The van der Waals surface area contributed by atoms with Crippen molar-refractivity contribution < 1.29 is 9.53 Å². The Balaban J connectivity index is 1.79. The number of nitrogens with one attached hydrogen (secondary N) is 1. The lowest BCUT2D eigenvalue weighted by atomic mass is 10.0. The topological polar surface area (TPSA) is 45.3 Å². The van der Waals surface area contributed by atoms with E-state index in [0.29, 0.717) is 5.92 Å². The van der Waals surface area contributed by atoms with Crippen molar-refractivity contribution in [2.24, 2.45) is 5.92 Å². The highest BCUT2D eigenvalue weighted by molar-refractivity contribution is 6.02. The summed E-state index contributed by atoms with van der Waals surface area (Å²) < 4.78 is 5.66. The number of nitrogens with zero attached hydrogens (tertiary/aromatic N) is 1. The number of carbonyl (C=O) groups is 1. The summed E-state index contributed by atoms with van der Waals surface area (Å²) in [6.45, 7) is 11.6. The van der Waals surface area contributed by atoms with E-state index in [9.17, 15) is 4.79 Å². The molecule has 2 heterocycles. The van der Waals surface area contributed by atoms with Gasteiger partial charge in [0.1, 0.15) is 5.69 Å². The Morgan fingerprint density at radius 1 is 1.29 bits per heavy atom. The number of fused-ring (bicyclic) bond motifs is 1. The van der Waals surface area contributed by atoms with Crippen LogP contribution in [0.15, 0.2) is 12.1 Å². The summed E-state index contributed by atoms with van der Waals surface area (Å²) in [6, 6.07) is 4.24. The largest absolute Gasteiger partial charge is 0.381 e. The van der Waals surface area contributed by atoms with Gasteiger partial charge in [0.15, 0.2) is 0 Å². The van der Waals surface area contributed by atoms with Gasteiger partial charge in [-0.05, 0) is 50.3 Å². The smallest absolute Gasteiger partial charge is 0.270 e. The molecule has 0 aliphatic carbocycles. The van der Waals surface area contributed by atoms with Crippen molar-refractivity contribution in [3.05, 3.63) is 34.5 Å². The molecule has 1 fully saturated rings. The Labute approximate surface area is 144 Å². The Hall–Kier alpha value is -1.81. The van der Waals surface area contributed by atoms with Gasteiger partial charge in [0.25, 0.3) is 5.91 Å². The number of carbonyl (C=O) groups excluding carboxylic acids is 1. The molecular weight excluding hydrogens is 300 g/mol. The molecule has 1 aromatic carbocycles. The van der Waals surface area contributed by atoms with Crippen LogP contribution in [0.5, 0.6) is 0 Å². The maximum Gasteiger partial charge on any atom is 0.270 e. The Bertz CT molecular complexity index is 748. The van der Waals surface area contributed by atoms with Crippen LogP contribution in [0.1, 0.15) is 46.9 Å². The van der Waals surface area contributed by atoms with Crippen LogP contribution < -0.4 is 0 Å². The van der Waals surface area contributed by atoms with Crippen molar-refractivity contribution in [2.45, 2.75) is 40.5 Å². The average molecular weight is 328 g/mol. The van der Waals surface area contributed by atoms with Crippen LogP contribution >= 0.6 is 0 Å². The van der Waals surface area contributed by atoms with Crippen LogP contribution in [0, 0.1) is 26.7 Å². The molecule has 0 bridgehead atoms. The number of benzene rings is 1. The molecule has 1 atom stereocenters. The molecule has 3 rings (SSSR count). The highest BCUT2D eigenvalue weighted by atomic mass is 16.5. The molecule has 2 aromatic rings. The van der Waals surface area contributed by atoms with E-state index < -0.39 is 0 Å². The van der Waals surface area contributed by atoms with Crippen LogP contribution in [0.2, 0.25) is 0 Å². The van der Waals surface area contributed by atoms with E-state index in [1.54, 1.807) is 0 Å². The second-order valence-corrected chi connectivity index (χ2v) is 7.06. The zero-order valence-corrected chi connectivity index (χ0v) is 15.2. The number of aromatic nitrogens is 1. The molecule has 1 aromatic heterocycles. The molecule has 0 saturated carbocycles. The lowest BCUT2D eigenvalue weighted by Gasteiger charge is -2.16. The molecule has 24 heavy (non-hydrogen) atoms.